The summed E-state index contributed by atoms with van der Waals surface area (Å²) < 4.78 is 6.28. The van der Waals surface area contributed by atoms with E-state index in [4.69, 9.17) is 16.3 Å². The molecule has 0 aliphatic carbocycles. The number of anilines is 2. The van der Waals surface area contributed by atoms with Crippen molar-refractivity contribution in [3.8, 4) is 11.8 Å². The summed E-state index contributed by atoms with van der Waals surface area (Å²) in [4.78, 5) is 12.3. The first-order valence-corrected chi connectivity index (χ1v) is 8.68. The van der Waals surface area contributed by atoms with Crippen molar-refractivity contribution in [2.45, 2.75) is 6.92 Å². The van der Waals surface area contributed by atoms with E-state index in [2.05, 4.69) is 33.2 Å². The number of hydrogen-bond donors (Lipinski definition) is 2. The van der Waals surface area contributed by atoms with Crippen LogP contribution in [0.4, 0.5) is 11.4 Å². The zero-order chi connectivity index (χ0) is 18.4. The molecule has 0 aromatic heterocycles. The summed E-state index contributed by atoms with van der Waals surface area (Å²) in [5.74, 6) is 0.0483. The Labute approximate surface area is 164 Å². The number of nitrogens with zero attached hydrogens (tertiary/aromatic N) is 1. The molecule has 5 nitrogen and oxygen atoms in total. The van der Waals surface area contributed by atoms with Crippen molar-refractivity contribution in [2.75, 3.05) is 17.7 Å². The van der Waals surface area contributed by atoms with Crippen LogP contribution >= 0.6 is 34.2 Å². The van der Waals surface area contributed by atoms with Crippen LogP contribution in [0, 0.1) is 21.8 Å². The molecule has 0 spiro atoms. The molecular formula is C18H15ClIN3O2. The molecule has 0 aliphatic heterocycles. The highest BCUT2D eigenvalue weighted by Gasteiger charge is 2.11. The van der Waals surface area contributed by atoms with E-state index in [0.717, 1.165) is 9.13 Å². The van der Waals surface area contributed by atoms with Gasteiger partial charge in [0.1, 0.15) is 17.4 Å². The minimum atomic E-state index is -0.500. The number of halogens is 2. The van der Waals surface area contributed by atoms with Crippen LogP contribution in [0.2, 0.25) is 5.02 Å². The van der Waals surface area contributed by atoms with Gasteiger partial charge in [-0.1, -0.05) is 11.6 Å². The fourth-order valence-electron chi connectivity index (χ4n) is 2.05. The monoisotopic (exact) mass is 467 g/mol. The second kappa shape index (κ2) is 8.74. The molecule has 0 unspecified atom stereocenters. The van der Waals surface area contributed by atoms with E-state index in [0.29, 0.717) is 22.1 Å². The van der Waals surface area contributed by atoms with Crippen molar-refractivity contribution in [2.24, 2.45) is 0 Å². The topological polar surface area (TPSA) is 74.1 Å². The smallest absolute Gasteiger partial charge is 0.267 e. The van der Waals surface area contributed by atoms with E-state index in [1.165, 1.54) is 13.3 Å². The van der Waals surface area contributed by atoms with Crippen LogP contribution in [0.25, 0.3) is 0 Å². The Kier molecular flexibility index (Phi) is 6.67. The molecule has 0 aliphatic rings. The summed E-state index contributed by atoms with van der Waals surface area (Å²) in [6.07, 6.45) is 1.32. The third-order valence-corrected chi connectivity index (χ3v) is 4.24. The maximum absolute atomic E-state index is 12.3. The van der Waals surface area contributed by atoms with Gasteiger partial charge < -0.3 is 15.4 Å². The van der Waals surface area contributed by atoms with E-state index < -0.39 is 5.91 Å². The van der Waals surface area contributed by atoms with Crippen LogP contribution in [0.3, 0.4) is 0 Å². The molecule has 0 saturated heterocycles. The summed E-state index contributed by atoms with van der Waals surface area (Å²) >= 11 is 8.16. The van der Waals surface area contributed by atoms with Crippen LogP contribution in [0.15, 0.2) is 48.2 Å². The van der Waals surface area contributed by atoms with Gasteiger partial charge in [0, 0.05) is 20.5 Å². The van der Waals surface area contributed by atoms with Gasteiger partial charge in [0.15, 0.2) is 0 Å². The fraction of sp³-hybridized carbons (Fsp3) is 0.111. The third kappa shape index (κ3) is 5.11. The molecule has 7 heteroatoms. The zero-order valence-electron chi connectivity index (χ0n) is 13.6. The van der Waals surface area contributed by atoms with Gasteiger partial charge in [-0.2, -0.15) is 5.26 Å². The van der Waals surface area contributed by atoms with Crippen LogP contribution < -0.4 is 15.4 Å². The molecule has 0 radical (unpaired) electrons. The van der Waals surface area contributed by atoms with Gasteiger partial charge in [0.05, 0.1) is 12.8 Å². The number of ether oxygens (including phenoxy) is 1. The third-order valence-electron chi connectivity index (χ3n) is 3.34. The van der Waals surface area contributed by atoms with Gasteiger partial charge in [-0.15, -0.1) is 0 Å². The Hall–Kier alpha value is -2.24. The van der Waals surface area contributed by atoms with Crippen molar-refractivity contribution in [3.05, 3.63) is 62.3 Å². The van der Waals surface area contributed by atoms with Gasteiger partial charge >= 0.3 is 0 Å². The standard InChI is InChI=1S/C18H15ClIN3O2/c1-11-7-14(20)4-5-15(11)23-18(24)12(9-21)10-22-16-8-13(19)3-6-17(16)25-2/h3-8,10,22H,1-2H3,(H,23,24)/b12-10-. The highest BCUT2D eigenvalue weighted by Crippen LogP contribution is 2.28. The Morgan fingerprint density at radius 1 is 1.28 bits per heavy atom. The minimum Gasteiger partial charge on any atom is -0.495 e. The SMILES string of the molecule is COc1ccc(Cl)cc1N/C=C(/C#N)C(=O)Nc1ccc(I)cc1C. The van der Waals surface area contributed by atoms with E-state index in [9.17, 15) is 10.1 Å². The summed E-state index contributed by atoms with van der Waals surface area (Å²) in [6, 6.07) is 12.5. The molecule has 25 heavy (non-hydrogen) atoms. The number of methoxy groups -OCH3 is 1. The average Bonchev–Trinajstić information content (AvgIpc) is 2.58. The van der Waals surface area contributed by atoms with Gasteiger partial charge in [0.2, 0.25) is 0 Å². The largest absolute Gasteiger partial charge is 0.495 e. The average molecular weight is 468 g/mol. The van der Waals surface area contributed by atoms with Gasteiger partial charge in [-0.05, 0) is 71.5 Å². The fourth-order valence-corrected chi connectivity index (χ4v) is 2.87. The maximum Gasteiger partial charge on any atom is 0.267 e. The Bertz CT molecular complexity index is 875. The maximum atomic E-state index is 12.3. The number of benzene rings is 2. The van der Waals surface area contributed by atoms with E-state index in [-0.39, 0.29) is 5.57 Å². The predicted molar refractivity (Wildman–Crippen MR) is 108 cm³/mol. The second-order valence-electron chi connectivity index (χ2n) is 5.07. The Morgan fingerprint density at radius 3 is 2.68 bits per heavy atom. The number of aryl methyl sites for hydroxylation is 1. The number of nitriles is 1. The van der Waals surface area contributed by atoms with Crippen LogP contribution in [-0.4, -0.2) is 13.0 Å². The van der Waals surface area contributed by atoms with E-state index in [1.54, 1.807) is 24.3 Å². The van der Waals surface area contributed by atoms with Crippen molar-refractivity contribution in [1.29, 1.82) is 5.26 Å². The quantitative estimate of drug-likeness (QED) is 0.379. The van der Waals surface area contributed by atoms with Crippen LogP contribution in [0.1, 0.15) is 5.56 Å². The minimum absolute atomic E-state index is 0.0695. The summed E-state index contributed by atoms with van der Waals surface area (Å²) in [6.45, 7) is 1.89. The molecule has 0 saturated carbocycles. The van der Waals surface area contributed by atoms with Gasteiger partial charge in [0.25, 0.3) is 5.91 Å². The zero-order valence-corrected chi connectivity index (χ0v) is 16.5. The number of carbonyl (C=O) groups excluding carboxylic acids is 1. The molecule has 0 bridgehead atoms. The van der Waals surface area contributed by atoms with Gasteiger partial charge in [-0.25, -0.2) is 0 Å². The number of amides is 1. The normalized spacial score (nSPS) is 10.8. The molecule has 0 heterocycles. The van der Waals surface area contributed by atoms with Crippen molar-refractivity contribution < 1.29 is 9.53 Å². The summed E-state index contributed by atoms with van der Waals surface area (Å²) in [5.41, 5.74) is 2.06. The van der Waals surface area contributed by atoms with Crippen molar-refractivity contribution in [1.82, 2.24) is 0 Å². The molecule has 0 atom stereocenters. The summed E-state index contributed by atoms with van der Waals surface area (Å²) in [7, 11) is 1.52. The Balaban J connectivity index is 2.18. The molecular weight excluding hydrogens is 453 g/mol. The molecule has 128 valence electrons. The molecule has 1 amide bonds. The lowest BCUT2D eigenvalue weighted by atomic mass is 10.2. The Morgan fingerprint density at radius 2 is 2.04 bits per heavy atom. The first-order chi connectivity index (χ1) is 11.9. The van der Waals surface area contributed by atoms with Crippen LogP contribution in [0.5, 0.6) is 5.75 Å². The highest BCUT2D eigenvalue weighted by atomic mass is 127. The van der Waals surface area contributed by atoms with Crippen molar-refractivity contribution >= 4 is 51.5 Å². The number of hydrogen-bond acceptors (Lipinski definition) is 4. The lowest BCUT2D eigenvalue weighted by molar-refractivity contribution is -0.112. The number of rotatable bonds is 5. The van der Waals surface area contributed by atoms with Gasteiger partial charge in [-0.3, -0.25) is 4.79 Å². The number of carbonyl (C=O) groups is 1. The summed E-state index contributed by atoms with van der Waals surface area (Å²) in [5, 5.41) is 15.4. The molecule has 2 aromatic rings. The molecule has 2 N–H and O–H groups in total. The molecule has 0 fully saturated rings. The van der Waals surface area contributed by atoms with Crippen LogP contribution in [-0.2, 0) is 4.79 Å². The first kappa shape index (κ1) is 19.1. The second-order valence-corrected chi connectivity index (χ2v) is 6.75. The van der Waals surface area contributed by atoms with Crippen molar-refractivity contribution in [3.63, 3.8) is 0 Å². The van der Waals surface area contributed by atoms with E-state index >= 15 is 0 Å². The lowest BCUT2D eigenvalue weighted by Gasteiger charge is -2.10. The lowest BCUT2D eigenvalue weighted by Crippen LogP contribution is -2.15. The molecule has 2 aromatic carbocycles. The highest BCUT2D eigenvalue weighted by molar-refractivity contribution is 14.1. The first-order valence-electron chi connectivity index (χ1n) is 7.22. The predicted octanol–water partition coefficient (Wildman–Crippen LogP) is 4.72. The van der Waals surface area contributed by atoms with E-state index in [1.807, 2.05) is 25.1 Å². The molecule has 2 rings (SSSR count). The number of nitrogens with one attached hydrogen (secondary N) is 2.